The van der Waals surface area contributed by atoms with Crippen LogP contribution in [-0.2, 0) is 4.74 Å². The molecule has 0 radical (unpaired) electrons. The minimum absolute atomic E-state index is 0.238. The van der Waals surface area contributed by atoms with Crippen LogP contribution in [0.3, 0.4) is 0 Å². The maximum Gasteiger partial charge on any atom is 0.522 e. The maximum atomic E-state index is 11.6. The fraction of sp³-hybridized carbons (Fsp3) is 1.00. The predicted octanol–water partition coefficient (Wildman–Crippen LogP) is 1.60. The highest BCUT2D eigenvalue weighted by Gasteiger charge is 2.28. The smallest absolute Gasteiger partial charge is 0.313 e. The van der Waals surface area contributed by atoms with Crippen LogP contribution in [0.2, 0.25) is 0 Å². The van der Waals surface area contributed by atoms with E-state index in [-0.39, 0.29) is 13.2 Å². The second kappa shape index (κ2) is 6.42. The van der Waals surface area contributed by atoms with Crippen molar-refractivity contribution in [2.24, 2.45) is 0 Å². The highest BCUT2D eigenvalue weighted by molar-refractivity contribution is 4.83. The Kier molecular flexibility index (Phi) is 5.51. The third-order valence-electron chi connectivity index (χ3n) is 2.59. The van der Waals surface area contributed by atoms with Crippen molar-refractivity contribution in [1.82, 2.24) is 10.2 Å². The number of hydrogen-bond acceptors (Lipinski definition) is 3. The molecule has 1 rings (SSSR count). The lowest BCUT2D eigenvalue weighted by molar-refractivity contribution is -0.323. The van der Waals surface area contributed by atoms with E-state index in [0.717, 1.165) is 13.1 Å². The third kappa shape index (κ3) is 6.30. The zero-order valence-electron chi connectivity index (χ0n) is 9.52. The van der Waals surface area contributed by atoms with Gasteiger partial charge in [0.05, 0.1) is 6.61 Å². The lowest BCUT2D eigenvalue weighted by Crippen LogP contribution is -2.35. The lowest BCUT2D eigenvalue weighted by Gasteiger charge is -2.19. The average molecular weight is 240 g/mol. The molecule has 0 saturated heterocycles. The SMILES string of the molecule is CCN(CCNCCOC(F)(F)F)C1CC1. The van der Waals surface area contributed by atoms with Gasteiger partial charge in [0, 0.05) is 25.7 Å². The Morgan fingerprint density at radius 2 is 2.00 bits per heavy atom. The average Bonchev–Trinajstić information content (AvgIpc) is 2.99. The first-order chi connectivity index (χ1) is 7.53. The summed E-state index contributed by atoms with van der Waals surface area (Å²) in [5.74, 6) is 0. The van der Waals surface area contributed by atoms with Crippen LogP contribution in [0, 0.1) is 0 Å². The van der Waals surface area contributed by atoms with E-state index in [1.165, 1.54) is 12.8 Å². The molecule has 0 atom stereocenters. The molecular formula is C10H19F3N2O. The van der Waals surface area contributed by atoms with Gasteiger partial charge in [-0.05, 0) is 19.4 Å². The molecule has 1 saturated carbocycles. The standard InChI is InChI=1S/C10H19F3N2O/c1-2-15(9-3-4-9)7-5-14-6-8-16-10(11,12)13/h9,14H,2-8H2,1H3. The molecule has 0 heterocycles. The van der Waals surface area contributed by atoms with Gasteiger partial charge in [-0.25, -0.2) is 0 Å². The number of halogens is 3. The number of likely N-dealkylation sites (N-methyl/N-ethyl adjacent to an activating group) is 1. The first kappa shape index (κ1) is 13.7. The van der Waals surface area contributed by atoms with Gasteiger partial charge in [-0.15, -0.1) is 13.2 Å². The van der Waals surface area contributed by atoms with Crippen LogP contribution in [0.15, 0.2) is 0 Å². The summed E-state index contributed by atoms with van der Waals surface area (Å²) in [7, 11) is 0. The summed E-state index contributed by atoms with van der Waals surface area (Å²) in [5.41, 5.74) is 0. The molecule has 0 aromatic heterocycles. The number of ether oxygens (including phenoxy) is 1. The van der Waals surface area contributed by atoms with Gasteiger partial charge >= 0.3 is 6.36 Å². The van der Waals surface area contributed by atoms with Gasteiger partial charge in [0.15, 0.2) is 0 Å². The van der Waals surface area contributed by atoms with Crippen LogP contribution in [-0.4, -0.2) is 50.1 Å². The number of rotatable bonds is 8. The van der Waals surface area contributed by atoms with E-state index in [4.69, 9.17) is 0 Å². The number of hydrogen-bond donors (Lipinski definition) is 1. The second-order valence-electron chi connectivity index (χ2n) is 3.90. The molecule has 16 heavy (non-hydrogen) atoms. The van der Waals surface area contributed by atoms with Gasteiger partial charge in [0.25, 0.3) is 0 Å². The molecule has 0 spiro atoms. The summed E-state index contributed by atoms with van der Waals surface area (Å²) in [6, 6.07) is 0.707. The van der Waals surface area contributed by atoms with Crippen LogP contribution >= 0.6 is 0 Å². The van der Waals surface area contributed by atoms with Gasteiger partial charge in [0.1, 0.15) is 0 Å². The molecular weight excluding hydrogens is 221 g/mol. The predicted molar refractivity (Wildman–Crippen MR) is 55.1 cm³/mol. The molecule has 0 aliphatic heterocycles. The molecule has 0 bridgehead atoms. The van der Waals surface area contributed by atoms with E-state index in [1.54, 1.807) is 0 Å². The normalized spacial score (nSPS) is 17.1. The first-order valence-corrected chi connectivity index (χ1v) is 5.68. The van der Waals surface area contributed by atoms with E-state index in [0.29, 0.717) is 12.6 Å². The summed E-state index contributed by atoms with van der Waals surface area (Å²) in [5, 5.41) is 2.94. The van der Waals surface area contributed by atoms with Crippen LogP contribution in [0.4, 0.5) is 13.2 Å². The third-order valence-corrected chi connectivity index (χ3v) is 2.59. The number of nitrogens with one attached hydrogen (secondary N) is 1. The molecule has 0 unspecified atom stereocenters. The first-order valence-electron chi connectivity index (χ1n) is 5.68. The number of nitrogens with zero attached hydrogens (tertiary/aromatic N) is 1. The Labute approximate surface area is 93.9 Å². The van der Waals surface area contributed by atoms with E-state index < -0.39 is 6.36 Å². The zero-order chi connectivity index (χ0) is 12.0. The fourth-order valence-electron chi connectivity index (χ4n) is 1.63. The minimum Gasteiger partial charge on any atom is -0.313 e. The van der Waals surface area contributed by atoms with Crippen LogP contribution < -0.4 is 5.32 Å². The van der Waals surface area contributed by atoms with E-state index in [1.807, 2.05) is 0 Å². The van der Waals surface area contributed by atoms with Crippen molar-refractivity contribution in [1.29, 1.82) is 0 Å². The largest absolute Gasteiger partial charge is 0.522 e. The Balaban J connectivity index is 1.91. The van der Waals surface area contributed by atoms with Crippen molar-refractivity contribution >= 4 is 0 Å². The van der Waals surface area contributed by atoms with E-state index >= 15 is 0 Å². The molecule has 1 fully saturated rings. The summed E-state index contributed by atoms with van der Waals surface area (Å²) in [6.07, 6.45) is -2.00. The highest BCUT2D eigenvalue weighted by atomic mass is 19.4. The molecule has 3 nitrogen and oxygen atoms in total. The van der Waals surface area contributed by atoms with Crippen molar-refractivity contribution in [2.75, 3.05) is 32.8 Å². The van der Waals surface area contributed by atoms with Crippen molar-refractivity contribution in [3.05, 3.63) is 0 Å². The molecule has 1 aliphatic rings. The molecule has 1 N–H and O–H groups in total. The van der Waals surface area contributed by atoms with Crippen molar-refractivity contribution in [3.63, 3.8) is 0 Å². The summed E-state index contributed by atoms with van der Waals surface area (Å²) in [6.45, 7) is 4.63. The lowest BCUT2D eigenvalue weighted by atomic mass is 10.4. The van der Waals surface area contributed by atoms with E-state index in [2.05, 4.69) is 21.9 Å². The molecule has 96 valence electrons. The Hall–Kier alpha value is -0.330. The maximum absolute atomic E-state index is 11.6. The van der Waals surface area contributed by atoms with Gasteiger partial charge in [0.2, 0.25) is 0 Å². The molecule has 0 amide bonds. The van der Waals surface area contributed by atoms with Gasteiger partial charge in [-0.3, -0.25) is 9.64 Å². The van der Waals surface area contributed by atoms with Gasteiger partial charge < -0.3 is 5.32 Å². The van der Waals surface area contributed by atoms with Gasteiger partial charge in [-0.2, -0.15) is 0 Å². The van der Waals surface area contributed by atoms with Crippen LogP contribution in [0.5, 0.6) is 0 Å². The Morgan fingerprint density at radius 1 is 1.31 bits per heavy atom. The summed E-state index contributed by atoms with van der Waals surface area (Å²) < 4.78 is 38.5. The Bertz CT molecular complexity index is 195. The quantitative estimate of drug-likeness (QED) is 0.652. The summed E-state index contributed by atoms with van der Waals surface area (Å²) >= 11 is 0. The highest BCUT2D eigenvalue weighted by Crippen LogP contribution is 2.25. The van der Waals surface area contributed by atoms with Crippen LogP contribution in [0.25, 0.3) is 0 Å². The van der Waals surface area contributed by atoms with Crippen molar-refractivity contribution in [2.45, 2.75) is 32.2 Å². The number of alkyl halides is 3. The van der Waals surface area contributed by atoms with Crippen LogP contribution in [0.1, 0.15) is 19.8 Å². The molecule has 0 aromatic carbocycles. The van der Waals surface area contributed by atoms with E-state index in [9.17, 15) is 13.2 Å². The van der Waals surface area contributed by atoms with Crippen molar-refractivity contribution in [3.8, 4) is 0 Å². The molecule has 6 heteroatoms. The van der Waals surface area contributed by atoms with Gasteiger partial charge in [-0.1, -0.05) is 6.92 Å². The minimum atomic E-state index is -4.51. The summed E-state index contributed by atoms with van der Waals surface area (Å²) in [4.78, 5) is 2.34. The fourth-order valence-corrected chi connectivity index (χ4v) is 1.63. The molecule has 0 aromatic rings. The topological polar surface area (TPSA) is 24.5 Å². The second-order valence-corrected chi connectivity index (χ2v) is 3.90. The monoisotopic (exact) mass is 240 g/mol. The Morgan fingerprint density at radius 3 is 2.50 bits per heavy atom. The zero-order valence-corrected chi connectivity index (χ0v) is 9.52. The van der Waals surface area contributed by atoms with Crippen molar-refractivity contribution < 1.29 is 17.9 Å². The molecule has 1 aliphatic carbocycles.